The summed E-state index contributed by atoms with van der Waals surface area (Å²) >= 11 is 0. The van der Waals surface area contributed by atoms with Gasteiger partial charge in [-0.25, -0.2) is 0 Å². The lowest BCUT2D eigenvalue weighted by Gasteiger charge is -2.29. The minimum absolute atomic E-state index is 0.0739. The minimum Gasteiger partial charge on any atom is -0.396 e. The molecule has 0 unspecified atom stereocenters. The maximum Gasteiger partial charge on any atom is 0.501 e. The summed E-state index contributed by atoms with van der Waals surface area (Å²) in [5.74, 6) is 0. The van der Waals surface area contributed by atoms with Crippen LogP contribution in [0.1, 0.15) is 40.5 Å². The highest BCUT2D eigenvalue weighted by Gasteiger charge is 2.39. The first-order valence-corrected chi connectivity index (χ1v) is 10.2. The van der Waals surface area contributed by atoms with E-state index in [0.29, 0.717) is 45.5 Å². The van der Waals surface area contributed by atoms with Gasteiger partial charge >= 0.3 is 8.80 Å². The van der Waals surface area contributed by atoms with Gasteiger partial charge in [0, 0.05) is 37.9 Å². The standard InChI is InChI=1S/C15H34O6Si/c1-5-15(12-16,13-17)14-18-10-9-11-22(19-6-2,20-7-3)21-8-4/h16-17H,5-14H2,1-4H3. The average molecular weight is 339 g/mol. The van der Waals surface area contributed by atoms with E-state index in [4.69, 9.17) is 18.0 Å². The Kier molecular flexibility index (Phi) is 12.4. The van der Waals surface area contributed by atoms with Crippen LogP contribution in [0.5, 0.6) is 0 Å². The maximum absolute atomic E-state index is 9.38. The quantitative estimate of drug-likeness (QED) is 0.350. The van der Waals surface area contributed by atoms with E-state index in [2.05, 4.69) is 0 Å². The van der Waals surface area contributed by atoms with Crippen LogP contribution in [-0.4, -0.2) is 65.3 Å². The summed E-state index contributed by atoms with van der Waals surface area (Å²) in [6.45, 7) is 10.2. The van der Waals surface area contributed by atoms with Gasteiger partial charge in [0.05, 0.1) is 19.8 Å². The normalized spacial score (nSPS) is 12.8. The lowest BCUT2D eigenvalue weighted by Crippen LogP contribution is -2.46. The molecule has 0 heterocycles. The molecule has 0 saturated heterocycles. The lowest BCUT2D eigenvalue weighted by molar-refractivity contribution is -0.0306. The van der Waals surface area contributed by atoms with Crippen molar-refractivity contribution in [2.75, 3.05) is 46.2 Å². The van der Waals surface area contributed by atoms with Crippen LogP contribution < -0.4 is 0 Å². The molecule has 0 radical (unpaired) electrons. The van der Waals surface area contributed by atoms with Crippen LogP contribution in [0, 0.1) is 5.41 Å². The summed E-state index contributed by atoms with van der Waals surface area (Å²) < 4.78 is 23.0. The molecule has 0 aromatic heterocycles. The summed E-state index contributed by atoms with van der Waals surface area (Å²) in [6, 6.07) is 0.708. The average Bonchev–Trinajstić information content (AvgIpc) is 2.52. The van der Waals surface area contributed by atoms with E-state index in [-0.39, 0.29) is 13.2 Å². The van der Waals surface area contributed by atoms with Gasteiger partial charge in [-0.15, -0.1) is 0 Å². The molecule has 22 heavy (non-hydrogen) atoms. The molecule has 0 bridgehead atoms. The molecule has 0 saturated carbocycles. The molecule has 0 aliphatic carbocycles. The van der Waals surface area contributed by atoms with Gasteiger partial charge in [0.1, 0.15) is 0 Å². The van der Waals surface area contributed by atoms with Gasteiger partial charge in [-0.2, -0.15) is 0 Å². The monoisotopic (exact) mass is 338 g/mol. The molecule has 134 valence electrons. The Bertz CT molecular complexity index is 235. The fraction of sp³-hybridized carbons (Fsp3) is 1.00. The third-order valence-corrected chi connectivity index (χ3v) is 6.84. The molecular weight excluding hydrogens is 304 g/mol. The van der Waals surface area contributed by atoms with Crippen molar-refractivity contribution >= 4 is 8.80 Å². The van der Waals surface area contributed by atoms with Crippen molar-refractivity contribution in [1.29, 1.82) is 0 Å². The predicted molar refractivity (Wildman–Crippen MR) is 87.8 cm³/mol. The SMILES string of the molecule is CCO[Si](CCCOCC(CC)(CO)CO)(OCC)OCC. The summed E-state index contributed by atoms with van der Waals surface area (Å²) in [5.41, 5.74) is -0.547. The Hall–Kier alpha value is -0.0231. The molecule has 0 aromatic carbocycles. The number of aliphatic hydroxyl groups excluding tert-OH is 2. The predicted octanol–water partition coefficient (Wildman–Crippen LogP) is 1.82. The maximum atomic E-state index is 9.38. The van der Waals surface area contributed by atoms with Crippen LogP contribution in [0.2, 0.25) is 6.04 Å². The number of hydrogen-bond acceptors (Lipinski definition) is 6. The fourth-order valence-electron chi connectivity index (χ4n) is 2.15. The van der Waals surface area contributed by atoms with Gasteiger partial charge < -0.3 is 28.2 Å². The van der Waals surface area contributed by atoms with E-state index in [1.165, 1.54) is 0 Å². The molecule has 0 rings (SSSR count). The van der Waals surface area contributed by atoms with Crippen molar-refractivity contribution in [2.24, 2.45) is 5.41 Å². The van der Waals surface area contributed by atoms with Crippen molar-refractivity contribution in [3.8, 4) is 0 Å². The van der Waals surface area contributed by atoms with Crippen LogP contribution in [0.25, 0.3) is 0 Å². The summed E-state index contributed by atoms with van der Waals surface area (Å²) in [5, 5.41) is 18.8. The van der Waals surface area contributed by atoms with Gasteiger partial charge in [-0.1, -0.05) is 6.92 Å². The number of rotatable bonds is 15. The molecule has 2 N–H and O–H groups in total. The zero-order valence-electron chi connectivity index (χ0n) is 14.6. The Labute approximate surface area is 136 Å². The first kappa shape index (κ1) is 22.0. The van der Waals surface area contributed by atoms with Gasteiger partial charge in [-0.05, 0) is 33.6 Å². The largest absolute Gasteiger partial charge is 0.501 e. The van der Waals surface area contributed by atoms with E-state index < -0.39 is 14.2 Å². The van der Waals surface area contributed by atoms with Crippen molar-refractivity contribution in [3.63, 3.8) is 0 Å². The minimum atomic E-state index is -2.60. The molecule has 0 aromatic rings. The third-order valence-electron chi connectivity index (χ3n) is 3.69. The lowest BCUT2D eigenvalue weighted by atomic mass is 9.88. The van der Waals surface area contributed by atoms with Gasteiger partial charge in [0.25, 0.3) is 0 Å². The summed E-state index contributed by atoms with van der Waals surface area (Å²) in [7, 11) is -2.60. The molecule has 0 fully saturated rings. The fourth-order valence-corrected chi connectivity index (χ4v) is 4.73. The molecule has 0 spiro atoms. The number of hydrogen-bond donors (Lipinski definition) is 2. The molecular formula is C15H34O6Si. The van der Waals surface area contributed by atoms with Crippen LogP contribution in [0.4, 0.5) is 0 Å². The van der Waals surface area contributed by atoms with Crippen LogP contribution in [0.3, 0.4) is 0 Å². The van der Waals surface area contributed by atoms with Crippen LogP contribution in [0.15, 0.2) is 0 Å². The number of ether oxygens (including phenoxy) is 1. The van der Waals surface area contributed by atoms with E-state index >= 15 is 0 Å². The first-order valence-electron chi connectivity index (χ1n) is 8.28. The summed E-state index contributed by atoms with van der Waals surface area (Å²) in [6.07, 6.45) is 1.44. The van der Waals surface area contributed by atoms with Gasteiger partial charge in [0.2, 0.25) is 0 Å². The van der Waals surface area contributed by atoms with Crippen molar-refractivity contribution in [2.45, 2.75) is 46.6 Å². The Morgan fingerprint density at radius 2 is 1.36 bits per heavy atom. The second-order valence-electron chi connectivity index (χ2n) is 5.31. The first-order chi connectivity index (χ1) is 10.6. The van der Waals surface area contributed by atoms with Crippen LogP contribution in [-0.2, 0) is 18.0 Å². The zero-order valence-corrected chi connectivity index (χ0v) is 15.6. The second-order valence-corrected chi connectivity index (χ2v) is 8.04. The molecule has 0 atom stereocenters. The zero-order chi connectivity index (χ0) is 16.9. The Morgan fingerprint density at radius 1 is 0.864 bits per heavy atom. The van der Waals surface area contributed by atoms with Gasteiger partial charge in [0.15, 0.2) is 0 Å². The van der Waals surface area contributed by atoms with Crippen molar-refractivity contribution < 1.29 is 28.2 Å². The molecule has 0 aliphatic rings. The summed E-state index contributed by atoms with van der Waals surface area (Å²) in [4.78, 5) is 0. The Morgan fingerprint density at radius 3 is 1.73 bits per heavy atom. The van der Waals surface area contributed by atoms with E-state index in [9.17, 15) is 10.2 Å². The van der Waals surface area contributed by atoms with E-state index in [1.807, 2.05) is 27.7 Å². The second kappa shape index (κ2) is 12.4. The van der Waals surface area contributed by atoms with Crippen molar-refractivity contribution in [1.82, 2.24) is 0 Å². The highest BCUT2D eigenvalue weighted by molar-refractivity contribution is 6.60. The highest BCUT2D eigenvalue weighted by atomic mass is 28.4. The van der Waals surface area contributed by atoms with E-state index in [0.717, 1.165) is 6.42 Å². The molecule has 0 amide bonds. The van der Waals surface area contributed by atoms with Gasteiger partial charge in [-0.3, -0.25) is 0 Å². The topological polar surface area (TPSA) is 77.4 Å². The smallest absolute Gasteiger partial charge is 0.396 e. The molecule has 6 nitrogen and oxygen atoms in total. The highest BCUT2D eigenvalue weighted by Crippen LogP contribution is 2.22. The molecule has 7 heteroatoms. The number of aliphatic hydroxyl groups is 2. The van der Waals surface area contributed by atoms with E-state index in [1.54, 1.807) is 0 Å². The third kappa shape index (κ3) is 7.50. The Balaban J connectivity index is 4.27. The molecule has 0 aliphatic heterocycles. The van der Waals surface area contributed by atoms with Crippen LogP contribution >= 0.6 is 0 Å². The van der Waals surface area contributed by atoms with Crippen molar-refractivity contribution in [3.05, 3.63) is 0 Å².